The molecule has 126 valence electrons. The normalized spacial score (nSPS) is 15.6. The third-order valence-corrected chi connectivity index (χ3v) is 4.40. The van der Waals surface area contributed by atoms with Gasteiger partial charge in [0, 0.05) is 37.8 Å². The van der Waals surface area contributed by atoms with Gasteiger partial charge in [0.2, 0.25) is 5.91 Å². The number of aryl methyl sites for hydroxylation is 1. The van der Waals surface area contributed by atoms with Gasteiger partial charge in [0.05, 0.1) is 0 Å². The summed E-state index contributed by atoms with van der Waals surface area (Å²) in [7, 11) is 0. The molecule has 1 N–H and O–H groups in total. The highest BCUT2D eigenvalue weighted by Crippen LogP contribution is 2.21. The number of anilines is 1. The van der Waals surface area contributed by atoms with Crippen LogP contribution in [0.4, 0.5) is 10.5 Å². The first-order chi connectivity index (χ1) is 10.9. The second-order valence-electron chi connectivity index (χ2n) is 6.53. The van der Waals surface area contributed by atoms with E-state index in [1.807, 2.05) is 54.8 Å². The van der Waals surface area contributed by atoms with E-state index in [1.165, 1.54) is 5.56 Å². The second kappa shape index (κ2) is 7.49. The van der Waals surface area contributed by atoms with Crippen LogP contribution in [0.2, 0.25) is 0 Å². The molecule has 1 heterocycles. The first-order valence-corrected chi connectivity index (χ1v) is 8.30. The smallest absolute Gasteiger partial charge is 0.322 e. The summed E-state index contributed by atoms with van der Waals surface area (Å²) >= 11 is 0. The number of carbonyl (C=O) groups is 2. The van der Waals surface area contributed by atoms with E-state index >= 15 is 0 Å². The summed E-state index contributed by atoms with van der Waals surface area (Å²) in [6.45, 7) is 9.14. The predicted molar refractivity (Wildman–Crippen MR) is 92.4 cm³/mol. The van der Waals surface area contributed by atoms with Gasteiger partial charge in [-0.3, -0.25) is 4.79 Å². The summed E-state index contributed by atoms with van der Waals surface area (Å²) in [6, 6.07) is 8.05. The molecule has 0 saturated carbocycles. The third-order valence-electron chi connectivity index (χ3n) is 4.40. The van der Waals surface area contributed by atoms with Gasteiger partial charge in [-0.15, -0.1) is 0 Å². The third kappa shape index (κ3) is 4.47. The monoisotopic (exact) mass is 317 g/mol. The second-order valence-corrected chi connectivity index (χ2v) is 6.53. The Morgan fingerprint density at radius 3 is 2.22 bits per heavy atom. The van der Waals surface area contributed by atoms with Gasteiger partial charge in [-0.2, -0.15) is 0 Å². The molecule has 1 aromatic carbocycles. The average molecular weight is 317 g/mol. The summed E-state index contributed by atoms with van der Waals surface area (Å²) < 4.78 is 0. The van der Waals surface area contributed by atoms with Crippen molar-refractivity contribution >= 4 is 17.6 Å². The first kappa shape index (κ1) is 17.3. The fraction of sp³-hybridized carbons (Fsp3) is 0.556. The number of carbonyl (C=O) groups excluding carboxylic acids is 2. The lowest BCUT2D eigenvalue weighted by atomic mass is 10.0. The highest BCUT2D eigenvalue weighted by molar-refractivity contribution is 5.89. The van der Waals surface area contributed by atoms with Gasteiger partial charge >= 0.3 is 6.03 Å². The number of benzene rings is 1. The number of hydrogen-bond donors (Lipinski definition) is 1. The fourth-order valence-electron chi connectivity index (χ4n) is 3.11. The molecule has 2 rings (SSSR count). The minimum atomic E-state index is -0.0647. The molecule has 1 aliphatic heterocycles. The highest BCUT2D eigenvalue weighted by atomic mass is 16.2. The van der Waals surface area contributed by atoms with Crippen molar-refractivity contribution < 1.29 is 9.59 Å². The van der Waals surface area contributed by atoms with Gasteiger partial charge in [-0.1, -0.05) is 17.7 Å². The van der Waals surface area contributed by atoms with Crippen LogP contribution in [-0.2, 0) is 4.79 Å². The molecule has 0 radical (unpaired) electrons. The van der Waals surface area contributed by atoms with Crippen molar-refractivity contribution in [2.24, 2.45) is 0 Å². The Hall–Kier alpha value is -2.04. The zero-order valence-corrected chi connectivity index (χ0v) is 14.5. The van der Waals surface area contributed by atoms with Gasteiger partial charge in [0.1, 0.15) is 0 Å². The zero-order valence-electron chi connectivity index (χ0n) is 14.5. The molecule has 0 atom stereocenters. The van der Waals surface area contributed by atoms with Crippen LogP contribution in [0, 0.1) is 6.92 Å². The minimum absolute atomic E-state index is 0.0647. The van der Waals surface area contributed by atoms with Crippen molar-refractivity contribution in [1.29, 1.82) is 0 Å². The number of nitrogens with one attached hydrogen (secondary N) is 1. The van der Waals surface area contributed by atoms with E-state index in [0.717, 1.165) is 31.6 Å². The molecule has 1 aromatic rings. The van der Waals surface area contributed by atoms with Gasteiger partial charge < -0.3 is 15.1 Å². The highest BCUT2D eigenvalue weighted by Gasteiger charge is 2.30. The van der Waals surface area contributed by atoms with Crippen LogP contribution in [0.5, 0.6) is 0 Å². The minimum Gasteiger partial charge on any atom is -0.343 e. The first-order valence-electron chi connectivity index (χ1n) is 8.30. The van der Waals surface area contributed by atoms with E-state index in [1.54, 1.807) is 6.92 Å². The van der Waals surface area contributed by atoms with Crippen LogP contribution in [-0.4, -0.2) is 46.9 Å². The van der Waals surface area contributed by atoms with Crippen LogP contribution < -0.4 is 5.32 Å². The van der Waals surface area contributed by atoms with Gasteiger partial charge in [0.25, 0.3) is 0 Å². The molecule has 5 heteroatoms. The Balaban J connectivity index is 2.02. The molecular weight excluding hydrogens is 290 g/mol. The number of amides is 3. The maximum Gasteiger partial charge on any atom is 0.322 e. The van der Waals surface area contributed by atoms with E-state index < -0.39 is 0 Å². The summed E-state index contributed by atoms with van der Waals surface area (Å²) in [5.41, 5.74) is 1.98. The summed E-state index contributed by atoms with van der Waals surface area (Å²) in [4.78, 5) is 27.9. The fourth-order valence-corrected chi connectivity index (χ4v) is 3.11. The lowest BCUT2D eigenvalue weighted by Gasteiger charge is -2.40. The molecule has 5 nitrogen and oxygen atoms in total. The lowest BCUT2D eigenvalue weighted by Crippen LogP contribution is -2.52. The Labute approximate surface area is 138 Å². The SMILES string of the molecule is CC(=O)N1CCC(N(C(=O)Nc2ccc(C)cc2)C(C)C)CC1. The molecular formula is C18H27N3O2. The molecule has 0 aliphatic carbocycles. The summed E-state index contributed by atoms with van der Waals surface area (Å²) in [5, 5.41) is 2.99. The molecule has 1 saturated heterocycles. The Morgan fingerprint density at radius 2 is 1.74 bits per heavy atom. The maximum absolute atomic E-state index is 12.7. The standard InChI is InChI=1S/C18H27N3O2/c1-13(2)21(17-9-11-20(12-10-17)15(4)22)18(23)19-16-7-5-14(3)6-8-16/h5-8,13,17H,9-12H2,1-4H3,(H,19,23). The number of piperidine rings is 1. The Morgan fingerprint density at radius 1 is 1.17 bits per heavy atom. The number of nitrogens with zero attached hydrogens (tertiary/aromatic N) is 2. The molecule has 1 fully saturated rings. The lowest BCUT2D eigenvalue weighted by molar-refractivity contribution is -0.130. The van der Waals surface area contributed by atoms with Crippen LogP contribution >= 0.6 is 0 Å². The van der Waals surface area contributed by atoms with Crippen molar-refractivity contribution in [2.75, 3.05) is 18.4 Å². The maximum atomic E-state index is 12.7. The number of likely N-dealkylation sites (tertiary alicyclic amines) is 1. The van der Waals surface area contributed by atoms with Crippen molar-refractivity contribution in [3.05, 3.63) is 29.8 Å². The van der Waals surface area contributed by atoms with E-state index in [4.69, 9.17) is 0 Å². The molecule has 23 heavy (non-hydrogen) atoms. The predicted octanol–water partition coefficient (Wildman–Crippen LogP) is 3.25. The van der Waals surface area contributed by atoms with Crippen molar-refractivity contribution in [1.82, 2.24) is 9.80 Å². The molecule has 0 bridgehead atoms. The van der Waals surface area contributed by atoms with Crippen molar-refractivity contribution in [3.8, 4) is 0 Å². The van der Waals surface area contributed by atoms with Crippen LogP contribution in [0.1, 0.15) is 39.2 Å². The van der Waals surface area contributed by atoms with Gasteiger partial charge in [-0.05, 0) is 45.7 Å². The largest absolute Gasteiger partial charge is 0.343 e. The van der Waals surface area contributed by atoms with E-state index in [9.17, 15) is 9.59 Å². The molecule has 0 unspecified atom stereocenters. The van der Waals surface area contributed by atoms with E-state index in [-0.39, 0.29) is 24.0 Å². The van der Waals surface area contributed by atoms with E-state index in [0.29, 0.717) is 0 Å². The topological polar surface area (TPSA) is 52.7 Å². The summed E-state index contributed by atoms with van der Waals surface area (Å²) in [5.74, 6) is 0.114. The quantitative estimate of drug-likeness (QED) is 0.930. The molecule has 0 aromatic heterocycles. The zero-order chi connectivity index (χ0) is 17.0. The Bertz CT molecular complexity index is 546. The summed E-state index contributed by atoms with van der Waals surface area (Å²) in [6.07, 6.45) is 1.66. The van der Waals surface area contributed by atoms with Crippen LogP contribution in [0.15, 0.2) is 24.3 Å². The van der Waals surface area contributed by atoms with Crippen molar-refractivity contribution in [3.63, 3.8) is 0 Å². The van der Waals surface area contributed by atoms with E-state index in [2.05, 4.69) is 5.32 Å². The number of hydrogen-bond acceptors (Lipinski definition) is 2. The Kier molecular flexibility index (Phi) is 5.64. The van der Waals surface area contributed by atoms with Crippen LogP contribution in [0.3, 0.4) is 0 Å². The van der Waals surface area contributed by atoms with Crippen LogP contribution in [0.25, 0.3) is 0 Å². The number of rotatable bonds is 3. The number of urea groups is 1. The van der Waals surface area contributed by atoms with Gasteiger partial charge in [0.15, 0.2) is 0 Å². The molecule has 1 aliphatic rings. The molecule has 3 amide bonds. The van der Waals surface area contributed by atoms with Gasteiger partial charge in [-0.25, -0.2) is 4.79 Å². The average Bonchev–Trinajstić information content (AvgIpc) is 2.50. The van der Waals surface area contributed by atoms with Crippen molar-refractivity contribution in [2.45, 2.75) is 52.6 Å². The molecule has 0 spiro atoms.